The number of nitrogens with zero attached hydrogens (tertiary/aromatic N) is 2. The minimum Gasteiger partial charge on any atom is -0.494 e. The van der Waals surface area contributed by atoms with Gasteiger partial charge in [0, 0.05) is 0 Å². The third-order valence-corrected chi connectivity index (χ3v) is 4.65. The largest absolute Gasteiger partial charge is 0.494 e. The van der Waals surface area contributed by atoms with Gasteiger partial charge in [-0.1, -0.05) is 17.3 Å². The standard InChI is InChI=1S/C20H17FN2O3S/c1-3-11-23-17-10-9-16(25-4-2)12-18(17)27-20(23)22-19(24)13-26-15-7-5-14(21)6-8-15/h1,5-10,12H,4,11,13H2,2H3. The van der Waals surface area contributed by atoms with Crippen LogP contribution in [0.2, 0.25) is 0 Å². The quantitative estimate of drug-likeness (QED) is 0.612. The number of rotatable bonds is 6. The molecule has 0 bridgehead atoms. The Balaban J connectivity index is 1.86. The number of benzene rings is 2. The van der Waals surface area contributed by atoms with Gasteiger partial charge in [0.1, 0.15) is 17.3 Å². The van der Waals surface area contributed by atoms with Crippen LogP contribution in [0.25, 0.3) is 10.2 Å². The second kappa shape index (κ2) is 8.52. The number of fused-ring (bicyclic) bond motifs is 1. The average molecular weight is 384 g/mol. The minimum atomic E-state index is -0.457. The Morgan fingerprint density at radius 2 is 1.96 bits per heavy atom. The number of hydrogen-bond donors (Lipinski definition) is 0. The van der Waals surface area contributed by atoms with Crippen LogP contribution in [0.1, 0.15) is 6.92 Å². The van der Waals surface area contributed by atoms with Crippen molar-refractivity contribution in [1.29, 1.82) is 0 Å². The van der Waals surface area contributed by atoms with Gasteiger partial charge >= 0.3 is 0 Å². The van der Waals surface area contributed by atoms with Crippen LogP contribution in [-0.4, -0.2) is 23.7 Å². The Bertz CT molecular complexity index is 1060. The van der Waals surface area contributed by atoms with Crippen LogP contribution in [0.15, 0.2) is 47.5 Å². The summed E-state index contributed by atoms with van der Waals surface area (Å²) in [6.07, 6.45) is 5.46. The van der Waals surface area contributed by atoms with Crippen molar-refractivity contribution in [1.82, 2.24) is 4.57 Å². The highest BCUT2D eigenvalue weighted by Gasteiger charge is 2.09. The lowest BCUT2D eigenvalue weighted by atomic mass is 10.3. The van der Waals surface area contributed by atoms with Crippen molar-refractivity contribution in [3.63, 3.8) is 0 Å². The van der Waals surface area contributed by atoms with E-state index in [0.29, 0.717) is 23.7 Å². The van der Waals surface area contributed by atoms with Crippen LogP contribution < -0.4 is 14.3 Å². The van der Waals surface area contributed by atoms with Gasteiger partial charge in [-0.15, -0.1) is 6.42 Å². The summed E-state index contributed by atoms with van der Waals surface area (Å²) in [5.74, 6) is 2.90. The van der Waals surface area contributed by atoms with E-state index in [1.54, 1.807) is 4.57 Å². The zero-order valence-electron chi connectivity index (χ0n) is 14.6. The van der Waals surface area contributed by atoms with E-state index in [0.717, 1.165) is 16.0 Å². The fraction of sp³-hybridized carbons (Fsp3) is 0.200. The van der Waals surface area contributed by atoms with Crippen LogP contribution >= 0.6 is 11.3 Å². The first-order chi connectivity index (χ1) is 13.1. The molecule has 0 radical (unpaired) electrons. The molecule has 0 aliphatic carbocycles. The summed E-state index contributed by atoms with van der Waals surface area (Å²) >= 11 is 1.35. The van der Waals surface area contributed by atoms with Gasteiger partial charge < -0.3 is 14.0 Å². The first-order valence-electron chi connectivity index (χ1n) is 8.26. The van der Waals surface area contributed by atoms with Crippen molar-refractivity contribution >= 4 is 27.5 Å². The predicted molar refractivity (Wildman–Crippen MR) is 102 cm³/mol. The van der Waals surface area contributed by atoms with E-state index in [4.69, 9.17) is 15.9 Å². The molecule has 27 heavy (non-hydrogen) atoms. The molecule has 3 aromatic rings. The Labute approximate surface area is 159 Å². The number of ether oxygens (including phenoxy) is 2. The van der Waals surface area contributed by atoms with Crippen LogP contribution in [-0.2, 0) is 11.3 Å². The van der Waals surface area contributed by atoms with Crippen molar-refractivity contribution in [2.45, 2.75) is 13.5 Å². The normalized spacial score (nSPS) is 11.4. The molecule has 2 aromatic carbocycles. The number of carbonyl (C=O) groups excluding carboxylic acids is 1. The molecule has 1 heterocycles. The maximum Gasteiger partial charge on any atom is 0.286 e. The summed E-state index contributed by atoms with van der Waals surface area (Å²) in [6.45, 7) is 2.52. The molecule has 0 fully saturated rings. The molecule has 0 saturated heterocycles. The fourth-order valence-electron chi connectivity index (χ4n) is 2.45. The Hall–Kier alpha value is -3.11. The first-order valence-corrected chi connectivity index (χ1v) is 9.08. The third-order valence-electron chi connectivity index (χ3n) is 3.61. The van der Waals surface area contributed by atoms with E-state index in [9.17, 15) is 9.18 Å². The van der Waals surface area contributed by atoms with E-state index in [-0.39, 0.29) is 12.4 Å². The summed E-state index contributed by atoms with van der Waals surface area (Å²) in [4.78, 5) is 16.8. The lowest BCUT2D eigenvalue weighted by Gasteiger charge is -2.04. The number of thiazole rings is 1. The molecule has 3 rings (SSSR count). The van der Waals surface area contributed by atoms with Crippen molar-refractivity contribution in [3.8, 4) is 23.8 Å². The van der Waals surface area contributed by atoms with Crippen molar-refractivity contribution in [2.75, 3.05) is 13.2 Å². The van der Waals surface area contributed by atoms with E-state index in [2.05, 4.69) is 10.9 Å². The molecule has 0 atom stereocenters. The highest BCUT2D eigenvalue weighted by molar-refractivity contribution is 7.16. The summed E-state index contributed by atoms with van der Waals surface area (Å²) < 4.78 is 26.5. The van der Waals surface area contributed by atoms with E-state index >= 15 is 0 Å². The molecule has 5 nitrogen and oxygen atoms in total. The van der Waals surface area contributed by atoms with Gasteiger partial charge in [0.05, 0.1) is 23.4 Å². The van der Waals surface area contributed by atoms with Gasteiger partial charge in [-0.25, -0.2) is 4.39 Å². The number of terminal acetylenes is 1. The number of hydrogen-bond acceptors (Lipinski definition) is 4. The third kappa shape index (κ3) is 4.54. The van der Waals surface area contributed by atoms with Crippen molar-refractivity contribution < 1.29 is 18.7 Å². The summed E-state index contributed by atoms with van der Waals surface area (Å²) in [5, 5.41) is 0. The average Bonchev–Trinajstić information content (AvgIpc) is 2.98. The van der Waals surface area contributed by atoms with Crippen LogP contribution in [0, 0.1) is 18.2 Å². The summed E-state index contributed by atoms with van der Waals surface area (Å²) in [5.41, 5.74) is 0.882. The van der Waals surface area contributed by atoms with E-state index < -0.39 is 5.91 Å². The smallest absolute Gasteiger partial charge is 0.286 e. The zero-order valence-corrected chi connectivity index (χ0v) is 15.5. The Morgan fingerprint density at radius 1 is 1.22 bits per heavy atom. The SMILES string of the molecule is C#CCn1c(=NC(=O)COc2ccc(F)cc2)sc2cc(OCC)ccc21. The second-order valence-electron chi connectivity index (χ2n) is 5.49. The molecule has 7 heteroatoms. The van der Waals surface area contributed by atoms with Gasteiger partial charge in [-0.05, 0) is 49.4 Å². The topological polar surface area (TPSA) is 52.8 Å². The number of halogens is 1. The van der Waals surface area contributed by atoms with Gasteiger partial charge in [0.2, 0.25) is 0 Å². The second-order valence-corrected chi connectivity index (χ2v) is 6.49. The number of aromatic nitrogens is 1. The number of amides is 1. The minimum absolute atomic E-state index is 0.250. The molecule has 0 N–H and O–H groups in total. The van der Waals surface area contributed by atoms with Gasteiger partial charge in [-0.3, -0.25) is 4.79 Å². The molecular formula is C20H17FN2O3S. The van der Waals surface area contributed by atoms with Crippen LogP contribution in [0.3, 0.4) is 0 Å². The molecule has 0 saturated carbocycles. The maximum atomic E-state index is 12.9. The molecular weight excluding hydrogens is 367 g/mol. The lowest BCUT2D eigenvalue weighted by molar-refractivity contribution is -0.120. The van der Waals surface area contributed by atoms with Gasteiger partial charge in [0.25, 0.3) is 5.91 Å². The maximum absolute atomic E-state index is 12.9. The molecule has 0 aliphatic heterocycles. The van der Waals surface area contributed by atoms with Crippen molar-refractivity contribution in [3.05, 3.63) is 53.1 Å². The number of carbonyl (C=O) groups is 1. The summed E-state index contributed by atoms with van der Waals surface area (Å²) in [6, 6.07) is 11.1. The Morgan fingerprint density at radius 3 is 2.67 bits per heavy atom. The van der Waals surface area contributed by atoms with Gasteiger partial charge in [0.15, 0.2) is 11.4 Å². The fourth-order valence-corrected chi connectivity index (χ4v) is 3.53. The summed E-state index contributed by atoms with van der Waals surface area (Å²) in [7, 11) is 0. The molecule has 0 spiro atoms. The molecule has 0 aliphatic rings. The highest BCUT2D eigenvalue weighted by atomic mass is 32.1. The molecule has 1 amide bonds. The van der Waals surface area contributed by atoms with Gasteiger partial charge in [-0.2, -0.15) is 4.99 Å². The molecule has 1 aromatic heterocycles. The lowest BCUT2D eigenvalue weighted by Crippen LogP contribution is -2.19. The highest BCUT2D eigenvalue weighted by Crippen LogP contribution is 2.23. The predicted octanol–water partition coefficient (Wildman–Crippen LogP) is 3.38. The van der Waals surface area contributed by atoms with Crippen LogP contribution in [0.5, 0.6) is 11.5 Å². The van der Waals surface area contributed by atoms with E-state index in [1.807, 2.05) is 25.1 Å². The van der Waals surface area contributed by atoms with Crippen molar-refractivity contribution in [2.24, 2.45) is 4.99 Å². The monoisotopic (exact) mass is 384 g/mol. The van der Waals surface area contributed by atoms with E-state index in [1.165, 1.54) is 35.6 Å². The first kappa shape index (κ1) is 18.7. The Kier molecular flexibility index (Phi) is 5.89. The zero-order chi connectivity index (χ0) is 19.2. The van der Waals surface area contributed by atoms with Crippen LogP contribution in [0.4, 0.5) is 4.39 Å². The molecule has 0 unspecified atom stereocenters. The molecule has 138 valence electrons.